The van der Waals surface area contributed by atoms with Crippen molar-refractivity contribution in [1.82, 2.24) is 15.6 Å². The fraction of sp³-hybridized carbons (Fsp3) is 0.480. The Bertz CT molecular complexity index is 1120. The summed E-state index contributed by atoms with van der Waals surface area (Å²) in [5, 5.41) is 6.95. The summed E-state index contributed by atoms with van der Waals surface area (Å²) in [6.45, 7) is 7.75. The Kier molecular flexibility index (Phi) is 8.38. The fourth-order valence-corrected chi connectivity index (χ4v) is 4.93. The zero-order chi connectivity index (χ0) is 25.0. The third-order valence-electron chi connectivity index (χ3n) is 6.49. The molecular formula is C25H33ClN4O4. The molecule has 1 aromatic carbocycles. The Morgan fingerprint density at radius 3 is 2.47 bits per heavy atom. The zero-order valence-electron chi connectivity index (χ0n) is 20.1. The first kappa shape index (κ1) is 25.8. The van der Waals surface area contributed by atoms with E-state index in [1.54, 1.807) is 6.07 Å². The van der Waals surface area contributed by atoms with Crippen molar-refractivity contribution in [3.05, 3.63) is 67.1 Å². The normalized spacial score (nSPS) is 18.9. The number of benzene rings is 1. The van der Waals surface area contributed by atoms with Gasteiger partial charge in [-0.1, -0.05) is 11.6 Å². The van der Waals surface area contributed by atoms with Crippen molar-refractivity contribution < 1.29 is 14.3 Å². The third-order valence-corrected chi connectivity index (χ3v) is 6.70. The Labute approximate surface area is 204 Å². The van der Waals surface area contributed by atoms with E-state index in [1.807, 2.05) is 39.8 Å². The molecule has 1 atom stereocenters. The molecule has 0 bridgehead atoms. The first-order valence-electron chi connectivity index (χ1n) is 11.5. The van der Waals surface area contributed by atoms with Gasteiger partial charge in [0.05, 0.1) is 0 Å². The molecule has 0 saturated heterocycles. The van der Waals surface area contributed by atoms with Gasteiger partial charge in [0, 0.05) is 40.5 Å². The number of amides is 2. The number of rotatable bonds is 7. The third kappa shape index (κ3) is 6.39. The molecule has 1 heterocycles. The average Bonchev–Trinajstić information content (AvgIpc) is 2.75. The first-order chi connectivity index (χ1) is 16.0. The van der Waals surface area contributed by atoms with Crippen molar-refractivity contribution in [2.75, 3.05) is 0 Å². The molecule has 1 aliphatic carbocycles. The molecule has 2 amide bonds. The van der Waals surface area contributed by atoms with Crippen molar-refractivity contribution in [2.24, 2.45) is 5.73 Å². The number of aromatic amines is 1. The van der Waals surface area contributed by atoms with Gasteiger partial charge in [-0.15, -0.1) is 0 Å². The average molecular weight is 489 g/mol. The van der Waals surface area contributed by atoms with E-state index in [0.29, 0.717) is 16.1 Å². The number of primary amides is 1. The van der Waals surface area contributed by atoms with Gasteiger partial charge in [-0.2, -0.15) is 0 Å². The van der Waals surface area contributed by atoms with Gasteiger partial charge in [0.15, 0.2) is 0 Å². The van der Waals surface area contributed by atoms with Crippen LogP contribution in [-0.4, -0.2) is 29.1 Å². The molecule has 34 heavy (non-hydrogen) atoms. The summed E-state index contributed by atoms with van der Waals surface area (Å²) in [5.41, 5.74) is 9.33. The van der Waals surface area contributed by atoms with Gasteiger partial charge in [-0.05, 0) is 88.3 Å². The van der Waals surface area contributed by atoms with E-state index in [1.165, 1.54) is 0 Å². The van der Waals surface area contributed by atoms with E-state index >= 15 is 0 Å². The minimum Gasteiger partial charge on any atom is -0.446 e. The lowest BCUT2D eigenvalue weighted by Crippen LogP contribution is -2.38. The van der Waals surface area contributed by atoms with Crippen molar-refractivity contribution in [3.8, 4) is 0 Å². The van der Waals surface area contributed by atoms with E-state index in [4.69, 9.17) is 22.1 Å². The minimum absolute atomic E-state index is 0.0361. The number of ether oxygens (including phenoxy) is 1. The van der Waals surface area contributed by atoms with Crippen LogP contribution >= 0.6 is 11.6 Å². The second kappa shape index (κ2) is 11.1. The van der Waals surface area contributed by atoms with Crippen LogP contribution in [0.1, 0.15) is 77.0 Å². The zero-order valence-corrected chi connectivity index (χ0v) is 20.8. The lowest BCUT2D eigenvalue weighted by Gasteiger charge is -2.31. The number of hydrogen-bond donors (Lipinski definition) is 4. The van der Waals surface area contributed by atoms with Crippen molar-refractivity contribution in [3.63, 3.8) is 0 Å². The molecule has 1 saturated carbocycles. The van der Waals surface area contributed by atoms with E-state index in [-0.39, 0.29) is 36.2 Å². The van der Waals surface area contributed by atoms with Crippen LogP contribution in [0.15, 0.2) is 23.0 Å². The molecule has 1 aromatic heterocycles. The number of halogens is 1. The second-order valence-corrected chi connectivity index (χ2v) is 9.53. The van der Waals surface area contributed by atoms with Crippen LogP contribution in [0, 0.1) is 20.8 Å². The molecule has 184 valence electrons. The number of hydrogen-bond acceptors (Lipinski definition) is 5. The maximum atomic E-state index is 13.0. The molecule has 0 aliphatic heterocycles. The smallest absolute Gasteiger partial charge is 0.404 e. The minimum atomic E-state index is -0.729. The Hall–Kier alpha value is -2.84. The highest BCUT2D eigenvalue weighted by Crippen LogP contribution is 2.28. The number of H-pyrrole nitrogens is 1. The fourth-order valence-electron chi connectivity index (χ4n) is 4.71. The van der Waals surface area contributed by atoms with E-state index < -0.39 is 6.09 Å². The SMILES string of the molecule is Cc1cc(C)c(CNC(=O)c2cc(Cl)cc(C(C)N[C@H]3CC[C@H](OC(N)=O)CC3)c2C)c(=O)[nH]1. The summed E-state index contributed by atoms with van der Waals surface area (Å²) in [4.78, 5) is 39.0. The molecule has 0 radical (unpaired) electrons. The highest BCUT2D eigenvalue weighted by atomic mass is 35.5. The lowest BCUT2D eigenvalue weighted by atomic mass is 9.91. The Morgan fingerprint density at radius 2 is 1.85 bits per heavy atom. The van der Waals surface area contributed by atoms with E-state index in [9.17, 15) is 14.4 Å². The summed E-state index contributed by atoms with van der Waals surface area (Å²) in [6.07, 6.45) is 2.38. The number of nitrogens with one attached hydrogen (secondary N) is 3. The van der Waals surface area contributed by atoms with Crippen LogP contribution in [0.3, 0.4) is 0 Å². The standard InChI is InChI=1S/C25H33ClN4O4/c1-13-9-14(2)29-24(32)22(13)12-28-23(31)21-11-17(26)10-20(15(21)3)16(4)30-18-5-7-19(8-6-18)34-25(27)33/h9-11,16,18-19,30H,5-8,12H2,1-4H3,(H2,27,33)(H,28,31)(H,29,32)/t16?,18-,19-. The van der Waals surface area contributed by atoms with Crippen molar-refractivity contribution in [1.29, 1.82) is 0 Å². The van der Waals surface area contributed by atoms with Crippen molar-refractivity contribution >= 4 is 23.6 Å². The molecule has 2 aromatic rings. The Balaban J connectivity index is 1.69. The van der Waals surface area contributed by atoms with Crippen LogP contribution in [0.2, 0.25) is 5.02 Å². The number of aromatic nitrogens is 1. The van der Waals surface area contributed by atoms with Gasteiger partial charge < -0.3 is 26.1 Å². The first-order valence-corrected chi connectivity index (χ1v) is 11.9. The largest absolute Gasteiger partial charge is 0.446 e. The van der Waals surface area contributed by atoms with Crippen molar-refractivity contribution in [2.45, 2.75) is 78.1 Å². The number of carbonyl (C=O) groups excluding carboxylic acids is 2. The molecule has 8 nitrogen and oxygen atoms in total. The predicted molar refractivity (Wildman–Crippen MR) is 132 cm³/mol. The highest BCUT2D eigenvalue weighted by molar-refractivity contribution is 6.31. The maximum Gasteiger partial charge on any atom is 0.404 e. The lowest BCUT2D eigenvalue weighted by molar-refractivity contribution is 0.0747. The molecule has 5 N–H and O–H groups in total. The van der Waals surface area contributed by atoms with Gasteiger partial charge in [-0.25, -0.2) is 4.79 Å². The van der Waals surface area contributed by atoms with Crippen LogP contribution in [0.25, 0.3) is 0 Å². The molecule has 3 rings (SSSR count). The summed E-state index contributed by atoms with van der Waals surface area (Å²) in [5.74, 6) is -0.281. The predicted octanol–water partition coefficient (Wildman–Crippen LogP) is 3.94. The van der Waals surface area contributed by atoms with Crippen LogP contribution in [0.4, 0.5) is 4.79 Å². The molecule has 1 unspecified atom stereocenters. The highest BCUT2D eigenvalue weighted by Gasteiger charge is 2.25. The monoisotopic (exact) mass is 488 g/mol. The van der Waals surface area contributed by atoms with Crippen LogP contribution < -0.4 is 21.9 Å². The molecule has 9 heteroatoms. The molecule has 1 aliphatic rings. The van der Waals surface area contributed by atoms with Gasteiger partial charge in [0.25, 0.3) is 11.5 Å². The number of aryl methyl sites for hydroxylation is 2. The number of pyridine rings is 1. The molecule has 0 spiro atoms. The summed E-state index contributed by atoms with van der Waals surface area (Å²) >= 11 is 6.38. The van der Waals surface area contributed by atoms with Gasteiger partial charge in [-0.3, -0.25) is 9.59 Å². The Morgan fingerprint density at radius 1 is 1.18 bits per heavy atom. The topological polar surface area (TPSA) is 126 Å². The maximum absolute atomic E-state index is 13.0. The van der Waals surface area contributed by atoms with Gasteiger partial charge in [0.1, 0.15) is 6.10 Å². The number of nitrogens with two attached hydrogens (primary N) is 1. The second-order valence-electron chi connectivity index (χ2n) is 9.09. The van der Waals surface area contributed by atoms with Gasteiger partial charge >= 0.3 is 6.09 Å². The van der Waals surface area contributed by atoms with E-state index in [0.717, 1.165) is 48.1 Å². The van der Waals surface area contributed by atoms with Crippen LogP contribution in [0.5, 0.6) is 0 Å². The van der Waals surface area contributed by atoms with Crippen LogP contribution in [-0.2, 0) is 11.3 Å². The number of carbonyl (C=O) groups is 2. The molecule has 1 fully saturated rings. The summed E-state index contributed by atoms with van der Waals surface area (Å²) < 4.78 is 5.11. The summed E-state index contributed by atoms with van der Waals surface area (Å²) in [7, 11) is 0. The quantitative estimate of drug-likeness (QED) is 0.469. The molecular weight excluding hydrogens is 456 g/mol. The van der Waals surface area contributed by atoms with E-state index in [2.05, 4.69) is 15.6 Å². The van der Waals surface area contributed by atoms with Gasteiger partial charge in [0.2, 0.25) is 0 Å². The summed E-state index contributed by atoms with van der Waals surface area (Å²) in [6, 6.07) is 5.64.